The smallest absolute Gasteiger partial charge is 0.193 e. The minimum absolute atomic E-state index is 0. The first-order valence-electron chi connectivity index (χ1n) is 9.08. The number of aromatic nitrogens is 1. The second-order valence-electron chi connectivity index (χ2n) is 6.25. The Morgan fingerprint density at radius 1 is 1.11 bits per heavy atom. The fraction of sp³-hybridized carbons (Fsp3) is 0.400. The lowest BCUT2D eigenvalue weighted by atomic mass is 10.2. The number of rotatable bonds is 5. The zero-order chi connectivity index (χ0) is 18.2. The monoisotopic (exact) mass is 481 g/mol. The second kappa shape index (κ2) is 11.0. The van der Waals surface area contributed by atoms with Crippen LogP contribution < -0.4 is 15.0 Å². The van der Waals surface area contributed by atoms with Crippen LogP contribution in [0.1, 0.15) is 5.56 Å². The molecule has 1 aromatic heterocycles. The Balaban J connectivity index is 0.00000261. The molecule has 1 aliphatic rings. The summed E-state index contributed by atoms with van der Waals surface area (Å²) >= 11 is 0. The van der Waals surface area contributed by atoms with Crippen molar-refractivity contribution >= 4 is 35.8 Å². The minimum Gasteiger partial charge on any atom is -0.491 e. The van der Waals surface area contributed by atoms with Crippen molar-refractivity contribution in [1.29, 1.82) is 0 Å². The predicted octanol–water partition coefficient (Wildman–Crippen LogP) is 2.78. The molecule has 0 amide bonds. The number of hydrogen-bond donors (Lipinski definition) is 1. The summed E-state index contributed by atoms with van der Waals surface area (Å²) in [6, 6.07) is 14.1. The number of aryl methyl sites for hydroxylation is 1. The molecule has 0 atom stereocenters. The van der Waals surface area contributed by atoms with E-state index in [1.54, 1.807) is 0 Å². The fourth-order valence-electron chi connectivity index (χ4n) is 3.06. The van der Waals surface area contributed by atoms with E-state index in [1.807, 2.05) is 43.6 Å². The second-order valence-corrected chi connectivity index (χ2v) is 6.25. The lowest BCUT2D eigenvalue weighted by Gasteiger charge is -2.37. The van der Waals surface area contributed by atoms with Gasteiger partial charge in [-0.15, -0.1) is 24.0 Å². The molecule has 3 rings (SSSR count). The number of guanidine groups is 1. The van der Waals surface area contributed by atoms with Crippen molar-refractivity contribution in [3.63, 3.8) is 0 Å². The van der Waals surface area contributed by atoms with Crippen molar-refractivity contribution in [3.8, 4) is 5.75 Å². The lowest BCUT2D eigenvalue weighted by molar-refractivity contribution is 0.313. The molecular weight excluding hydrogens is 453 g/mol. The molecule has 0 bridgehead atoms. The van der Waals surface area contributed by atoms with Crippen molar-refractivity contribution in [2.45, 2.75) is 6.92 Å². The number of benzene rings is 1. The molecule has 1 N–H and O–H groups in total. The highest BCUT2D eigenvalue weighted by atomic mass is 127. The van der Waals surface area contributed by atoms with Crippen LogP contribution >= 0.6 is 24.0 Å². The number of para-hydroxylation sites is 1. The van der Waals surface area contributed by atoms with Crippen LogP contribution in [0.5, 0.6) is 5.75 Å². The fourth-order valence-corrected chi connectivity index (χ4v) is 3.06. The van der Waals surface area contributed by atoms with Crippen molar-refractivity contribution < 1.29 is 4.74 Å². The van der Waals surface area contributed by atoms with E-state index in [4.69, 9.17) is 4.74 Å². The van der Waals surface area contributed by atoms with Gasteiger partial charge in [0, 0.05) is 39.4 Å². The largest absolute Gasteiger partial charge is 0.491 e. The molecule has 0 saturated carbocycles. The molecule has 146 valence electrons. The van der Waals surface area contributed by atoms with Crippen LogP contribution in [0, 0.1) is 6.92 Å². The first-order chi connectivity index (χ1) is 12.8. The summed E-state index contributed by atoms with van der Waals surface area (Å²) in [6.45, 7) is 7.13. The van der Waals surface area contributed by atoms with Crippen molar-refractivity contribution in [3.05, 3.63) is 54.2 Å². The number of nitrogens with one attached hydrogen (secondary N) is 1. The van der Waals surface area contributed by atoms with Gasteiger partial charge in [-0.2, -0.15) is 0 Å². The maximum absolute atomic E-state index is 5.84. The standard InChI is InChI=1S/C20H27N5O.HI/c1-17-7-3-4-8-18(17)26-16-11-23-20(21-2)25-14-12-24(13-15-25)19-9-5-6-10-22-19;/h3-10H,11-16H2,1-2H3,(H,21,23);1H. The van der Waals surface area contributed by atoms with Gasteiger partial charge in [0.25, 0.3) is 0 Å². The van der Waals surface area contributed by atoms with Gasteiger partial charge in [-0.05, 0) is 30.7 Å². The molecule has 0 spiro atoms. The zero-order valence-electron chi connectivity index (χ0n) is 16.0. The summed E-state index contributed by atoms with van der Waals surface area (Å²) in [5.41, 5.74) is 1.16. The molecule has 2 heterocycles. The van der Waals surface area contributed by atoms with Crippen molar-refractivity contribution in [2.75, 3.05) is 51.3 Å². The third-order valence-electron chi connectivity index (χ3n) is 4.50. The molecule has 27 heavy (non-hydrogen) atoms. The average Bonchev–Trinajstić information content (AvgIpc) is 2.70. The van der Waals surface area contributed by atoms with Gasteiger partial charge in [0.05, 0.1) is 6.54 Å². The van der Waals surface area contributed by atoms with Crippen molar-refractivity contribution in [2.24, 2.45) is 4.99 Å². The molecule has 7 heteroatoms. The molecule has 6 nitrogen and oxygen atoms in total. The molecular formula is C20H28IN5O. The Morgan fingerprint density at radius 2 is 1.85 bits per heavy atom. The topological polar surface area (TPSA) is 53.0 Å². The highest BCUT2D eigenvalue weighted by molar-refractivity contribution is 14.0. The van der Waals surface area contributed by atoms with Gasteiger partial charge in [0.2, 0.25) is 0 Å². The molecule has 0 unspecified atom stereocenters. The molecule has 1 fully saturated rings. The molecule has 0 aliphatic carbocycles. The molecule has 0 radical (unpaired) electrons. The van der Waals surface area contributed by atoms with Crippen LogP contribution in [0.3, 0.4) is 0 Å². The van der Waals surface area contributed by atoms with Gasteiger partial charge in [-0.25, -0.2) is 4.98 Å². The van der Waals surface area contributed by atoms with Gasteiger partial charge >= 0.3 is 0 Å². The lowest BCUT2D eigenvalue weighted by Crippen LogP contribution is -2.53. The first kappa shape index (κ1) is 21.3. The predicted molar refractivity (Wildman–Crippen MR) is 121 cm³/mol. The van der Waals surface area contributed by atoms with Gasteiger partial charge in [-0.1, -0.05) is 24.3 Å². The molecule has 1 aromatic carbocycles. The van der Waals surface area contributed by atoms with E-state index in [9.17, 15) is 0 Å². The Morgan fingerprint density at radius 3 is 2.52 bits per heavy atom. The Hall–Kier alpha value is -2.03. The number of piperazine rings is 1. The van der Waals surface area contributed by atoms with Gasteiger partial charge in [0.1, 0.15) is 18.2 Å². The number of nitrogens with zero attached hydrogens (tertiary/aromatic N) is 4. The van der Waals surface area contributed by atoms with Gasteiger partial charge in [0.15, 0.2) is 5.96 Å². The summed E-state index contributed by atoms with van der Waals surface area (Å²) in [4.78, 5) is 13.4. The zero-order valence-corrected chi connectivity index (χ0v) is 18.3. The maximum Gasteiger partial charge on any atom is 0.193 e. The van der Waals surface area contributed by atoms with E-state index >= 15 is 0 Å². The van der Waals surface area contributed by atoms with E-state index in [-0.39, 0.29) is 24.0 Å². The highest BCUT2D eigenvalue weighted by Crippen LogP contribution is 2.15. The van der Waals surface area contributed by atoms with Crippen molar-refractivity contribution in [1.82, 2.24) is 15.2 Å². The third-order valence-corrected chi connectivity index (χ3v) is 4.50. The molecule has 1 saturated heterocycles. The van der Waals surface area contributed by atoms with E-state index in [0.717, 1.165) is 55.8 Å². The summed E-state index contributed by atoms with van der Waals surface area (Å²) < 4.78 is 5.84. The third kappa shape index (κ3) is 5.98. The Labute approximate surface area is 178 Å². The number of hydrogen-bond acceptors (Lipinski definition) is 4. The van der Waals surface area contributed by atoms with Crippen LogP contribution in [0.2, 0.25) is 0 Å². The van der Waals surface area contributed by atoms with Gasteiger partial charge < -0.3 is 19.9 Å². The Kier molecular flexibility index (Phi) is 8.63. The van der Waals surface area contributed by atoms with Crippen LogP contribution in [0.15, 0.2) is 53.7 Å². The quantitative estimate of drug-likeness (QED) is 0.308. The van der Waals surface area contributed by atoms with Crippen LogP contribution in [-0.2, 0) is 0 Å². The normalized spacial score (nSPS) is 14.5. The van der Waals surface area contributed by atoms with E-state index in [2.05, 4.69) is 44.1 Å². The minimum atomic E-state index is 0. The SMILES string of the molecule is CN=C(NCCOc1ccccc1C)N1CCN(c2ccccn2)CC1.I. The molecule has 2 aromatic rings. The summed E-state index contributed by atoms with van der Waals surface area (Å²) in [6.07, 6.45) is 1.84. The van der Waals surface area contributed by atoms with E-state index in [1.165, 1.54) is 0 Å². The highest BCUT2D eigenvalue weighted by Gasteiger charge is 2.20. The summed E-state index contributed by atoms with van der Waals surface area (Å²) in [7, 11) is 1.83. The summed E-state index contributed by atoms with van der Waals surface area (Å²) in [5, 5.41) is 3.40. The van der Waals surface area contributed by atoms with Crippen LogP contribution in [0.4, 0.5) is 5.82 Å². The average molecular weight is 481 g/mol. The number of anilines is 1. The molecule has 1 aliphatic heterocycles. The Bertz CT molecular complexity index is 717. The first-order valence-corrected chi connectivity index (χ1v) is 9.08. The van der Waals surface area contributed by atoms with E-state index < -0.39 is 0 Å². The van der Waals surface area contributed by atoms with Gasteiger partial charge in [-0.3, -0.25) is 4.99 Å². The number of ether oxygens (including phenoxy) is 1. The number of pyridine rings is 1. The maximum atomic E-state index is 5.84. The number of aliphatic imine (C=N–C) groups is 1. The summed E-state index contributed by atoms with van der Waals surface area (Å²) in [5.74, 6) is 2.91. The number of halogens is 1. The van der Waals surface area contributed by atoms with E-state index in [0.29, 0.717) is 6.61 Å². The van der Waals surface area contributed by atoms with Crippen LogP contribution in [-0.4, -0.2) is 62.2 Å². The van der Waals surface area contributed by atoms with Crippen LogP contribution in [0.25, 0.3) is 0 Å².